The highest BCUT2D eigenvalue weighted by Gasteiger charge is 2.12. The molecule has 30 heavy (non-hydrogen) atoms. The van der Waals surface area contributed by atoms with Gasteiger partial charge < -0.3 is 19.2 Å². The zero-order valence-corrected chi connectivity index (χ0v) is 17.9. The Balaban J connectivity index is 1.50. The Kier molecular flexibility index (Phi) is 7.74. The van der Waals surface area contributed by atoms with Crippen LogP contribution in [0.4, 0.5) is 0 Å². The first-order valence-corrected chi connectivity index (χ1v) is 10.2. The molecule has 0 fully saturated rings. The topological polar surface area (TPSA) is 73.6 Å². The van der Waals surface area contributed by atoms with Crippen molar-refractivity contribution in [3.05, 3.63) is 65.1 Å². The van der Waals surface area contributed by atoms with Crippen LogP contribution in [0.1, 0.15) is 31.2 Å². The van der Waals surface area contributed by atoms with E-state index in [9.17, 15) is 4.79 Å². The molecule has 0 saturated heterocycles. The monoisotopic (exact) mass is 428 g/mol. The maximum atomic E-state index is 12.2. The molecule has 3 rings (SSSR count). The van der Waals surface area contributed by atoms with Gasteiger partial charge in [-0.25, -0.2) is 4.98 Å². The molecule has 0 aliphatic carbocycles. The number of aromatic nitrogens is 1. The molecule has 7 heteroatoms. The number of benzene rings is 2. The molecule has 0 atom stereocenters. The number of hydrogen-bond acceptors (Lipinski definition) is 5. The lowest BCUT2D eigenvalue weighted by atomic mass is 10.2. The van der Waals surface area contributed by atoms with Gasteiger partial charge in [0.05, 0.1) is 24.9 Å². The fourth-order valence-electron chi connectivity index (χ4n) is 2.87. The number of aryl methyl sites for hydroxylation is 1. The number of methoxy groups -OCH3 is 1. The van der Waals surface area contributed by atoms with Gasteiger partial charge in [0.1, 0.15) is 0 Å². The zero-order chi connectivity index (χ0) is 21.3. The maximum absolute atomic E-state index is 12.2. The summed E-state index contributed by atoms with van der Waals surface area (Å²) in [6.45, 7) is 3.08. The third-order valence-electron chi connectivity index (χ3n) is 4.44. The van der Waals surface area contributed by atoms with Gasteiger partial charge in [0, 0.05) is 24.9 Å². The van der Waals surface area contributed by atoms with E-state index in [1.165, 1.54) is 0 Å². The van der Waals surface area contributed by atoms with Crippen LogP contribution in [-0.4, -0.2) is 24.6 Å². The summed E-state index contributed by atoms with van der Waals surface area (Å²) in [7, 11) is 1.60. The lowest BCUT2D eigenvalue weighted by Gasteiger charge is -2.12. The number of carbonyl (C=O) groups excluding carboxylic acids is 1. The Morgan fingerprint density at radius 2 is 2.03 bits per heavy atom. The molecule has 0 saturated carbocycles. The summed E-state index contributed by atoms with van der Waals surface area (Å²) in [6.07, 6.45) is 3.23. The number of rotatable bonds is 10. The van der Waals surface area contributed by atoms with E-state index in [4.69, 9.17) is 25.5 Å². The van der Waals surface area contributed by atoms with E-state index in [1.54, 1.807) is 19.4 Å². The molecule has 0 unspecified atom stereocenters. The number of hydrogen-bond donors (Lipinski definition) is 1. The number of oxazole rings is 1. The van der Waals surface area contributed by atoms with Crippen molar-refractivity contribution in [2.75, 3.05) is 13.7 Å². The van der Waals surface area contributed by atoms with E-state index < -0.39 is 0 Å². The van der Waals surface area contributed by atoms with E-state index in [-0.39, 0.29) is 12.3 Å². The number of nitrogens with zero attached hydrogens (tertiary/aromatic N) is 1. The Hall–Kier alpha value is -2.99. The van der Waals surface area contributed by atoms with Crippen LogP contribution >= 0.6 is 11.6 Å². The maximum Gasteiger partial charge on any atom is 0.220 e. The van der Waals surface area contributed by atoms with Gasteiger partial charge in [-0.1, -0.05) is 36.7 Å². The zero-order valence-electron chi connectivity index (χ0n) is 17.1. The van der Waals surface area contributed by atoms with Gasteiger partial charge in [-0.05, 0) is 36.2 Å². The molecule has 6 nitrogen and oxygen atoms in total. The molecule has 0 bridgehead atoms. The summed E-state index contributed by atoms with van der Waals surface area (Å²) in [5.41, 5.74) is 1.71. The van der Waals surface area contributed by atoms with E-state index in [0.29, 0.717) is 47.7 Å². The number of amides is 1. The third kappa shape index (κ3) is 5.76. The highest BCUT2D eigenvalue weighted by atomic mass is 35.5. The van der Waals surface area contributed by atoms with Crippen molar-refractivity contribution in [3.63, 3.8) is 0 Å². The molecule has 0 aliphatic heterocycles. The van der Waals surface area contributed by atoms with Crippen LogP contribution in [0.3, 0.4) is 0 Å². The van der Waals surface area contributed by atoms with Crippen LogP contribution in [0.5, 0.6) is 11.5 Å². The van der Waals surface area contributed by atoms with E-state index >= 15 is 0 Å². The quantitative estimate of drug-likeness (QED) is 0.489. The van der Waals surface area contributed by atoms with Crippen molar-refractivity contribution in [1.82, 2.24) is 10.3 Å². The molecule has 1 heterocycles. The Bertz CT molecular complexity index is 987. The highest BCUT2D eigenvalue weighted by molar-refractivity contribution is 6.33. The molecule has 2 aromatic carbocycles. The fraction of sp³-hybridized carbons (Fsp3) is 0.304. The average molecular weight is 429 g/mol. The van der Waals surface area contributed by atoms with Crippen LogP contribution in [-0.2, 0) is 17.8 Å². The van der Waals surface area contributed by atoms with Gasteiger partial charge in [-0.3, -0.25) is 4.79 Å². The molecule has 3 aromatic rings. The predicted molar refractivity (Wildman–Crippen MR) is 116 cm³/mol. The van der Waals surface area contributed by atoms with Gasteiger partial charge in [0.15, 0.2) is 23.1 Å². The minimum Gasteiger partial charge on any atom is -0.493 e. The molecular formula is C23H25ClN2O4. The summed E-state index contributed by atoms with van der Waals surface area (Å²) in [5.74, 6) is 2.36. The number of halogens is 1. The first-order valence-electron chi connectivity index (χ1n) is 9.86. The van der Waals surface area contributed by atoms with Crippen LogP contribution in [0, 0.1) is 0 Å². The fourth-order valence-corrected chi connectivity index (χ4v) is 3.10. The second-order valence-electron chi connectivity index (χ2n) is 6.71. The number of carbonyl (C=O) groups is 1. The standard InChI is InChI=1S/C23H25ClN2O4/c1-3-12-29-19-9-8-16(13-20(19)28-2)14-25-22(27)10-11-23-26-15-21(30-23)17-6-4-5-7-18(17)24/h4-9,13,15H,3,10-12,14H2,1-2H3,(H,25,27). The predicted octanol–water partition coefficient (Wildman–Crippen LogP) is 5.04. The van der Waals surface area contributed by atoms with E-state index in [0.717, 1.165) is 17.5 Å². The van der Waals surface area contributed by atoms with Gasteiger partial charge in [-0.15, -0.1) is 0 Å². The smallest absolute Gasteiger partial charge is 0.220 e. The molecule has 1 N–H and O–H groups in total. The third-order valence-corrected chi connectivity index (χ3v) is 4.77. The Morgan fingerprint density at radius 1 is 1.20 bits per heavy atom. The van der Waals surface area contributed by atoms with Crippen molar-refractivity contribution in [2.24, 2.45) is 0 Å². The second-order valence-corrected chi connectivity index (χ2v) is 7.12. The molecule has 1 amide bonds. The normalized spacial score (nSPS) is 10.6. The molecular weight excluding hydrogens is 404 g/mol. The van der Waals surface area contributed by atoms with Crippen molar-refractivity contribution in [3.8, 4) is 22.8 Å². The van der Waals surface area contributed by atoms with Crippen LogP contribution in [0.25, 0.3) is 11.3 Å². The van der Waals surface area contributed by atoms with Crippen LogP contribution < -0.4 is 14.8 Å². The van der Waals surface area contributed by atoms with Gasteiger partial charge in [0.25, 0.3) is 0 Å². The molecule has 0 spiro atoms. The number of nitrogens with one attached hydrogen (secondary N) is 1. The van der Waals surface area contributed by atoms with Crippen LogP contribution in [0.15, 0.2) is 53.1 Å². The van der Waals surface area contributed by atoms with E-state index in [2.05, 4.69) is 10.3 Å². The van der Waals surface area contributed by atoms with Crippen molar-refractivity contribution >= 4 is 17.5 Å². The van der Waals surface area contributed by atoms with Crippen LogP contribution in [0.2, 0.25) is 5.02 Å². The summed E-state index contributed by atoms with van der Waals surface area (Å²) in [4.78, 5) is 16.5. The minimum absolute atomic E-state index is 0.0854. The average Bonchev–Trinajstić information content (AvgIpc) is 3.24. The minimum atomic E-state index is -0.0854. The lowest BCUT2D eigenvalue weighted by molar-refractivity contribution is -0.121. The molecule has 0 radical (unpaired) electrons. The Morgan fingerprint density at radius 3 is 2.80 bits per heavy atom. The molecule has 1 aromatic heterocycles. The molecule has 0 aliphatic rings. The first kappa shape index (κ1) is 21.7. The second kappa shape index (κ2) is 10.7. The lowest BCUT2D eigenvalue weighted by Crippen LogP contribution is -2.23. The summed E-state index contributed by atoms with van der Waals surface area (Å²) in [6, 6.07) is 13.0. The summed E-state index contributed by atoms with van der Waals surface area (Å²) < 4.78 is 16.8. The van der Waals surface area contributed by atoms with Gasteiger partial charge in [0.2, 0.25) is 5.91 Å². The largest absolute Gasteiger partial charge is 0.493 e. The number of ether oxygens (including phenoxy) is 2. The SMILES string of the molecule is CCCOc1ccc(CNC(=O)CCc2ncc(-c3ccccc3Cl)o2)cc1OC. The summed E-state index contributed by atoms with van der Waals surface area (Å²) in [5, 5.41) is 3.50. The highest BCUT2D eigenvalue weighted by Crippen LogP contribution is 2.29. The van der Waals surface area contributed by atoms with Gasteiger partial charge >= 0.3 is 0 Å². The van der Waals surface area contributed by atoms with Gasteiger partial charge in [-0.2, -0.15) is 0 Å². The van der Waals surface area contributed by atoms with E-state index in [1.807, 2.05) is 43.3 Å². The molecule has 158 valence electrons. The Labute approximate surface area is 181 Å². The summed E-state index contributed by atoms with van der Waals surface area (Å²) >= 11 is 6.18. The first-order chi connectivity index (χ1) is 14.6. The van der Waals surface area contributed by atoms with Crippen molar-refractivity contribution in [1.29, 1.82) is 0 Å². The van der Waals surface area contributed by atoms with Crippen molar-refractivity contribution in [2.45, 2.75) is 32.7 Å². The van der Waals surface area contributed by atoms with Crippen molar-refractivity contribution < 1.29 is 18.7 Å².